The Morgan fingerprint density at radius 1 is 1.09 bits per heavy atom. The van der Waals surface area contributed by atoms with Crippen LogP contribution in [0.15, 0.2) is 48.8 Å². The van der Waals surface area contributed by atoms with Gasteiger partial charge in [0.15, 0.2) is 0 Å². The van der Waals surface area contributed by atoms with E-state index in [1.807, 2.05) is 69.3 Å². The van der Waals surface area contributed by atoms with E-state index in [0.29, 0.717) is 0 Å². The van der Waals surface area contributed by atoms with Crippen LogP contribution in [0, 0.1) is 0 Å². The summed E-state index contributed by atoms with van der Waals surface area (Å²) in [5.74, 6) is 0. The summed E-state index contributed by atoms with van der Waals surface area (Å²) in [7, 11) is 1.70. The van der Waals surface area contributed by atoms with Crippen LogP contribution in [0.3, 0.4) is 0 Å². The van der Waals surface area contributed by atoms with Crippen LogP contribution in [0.5, 0.6) is 0 Å². The number of anilines is 1. The molecule has 1 heterocycles. The molecule has 0 N–H and O–H groups in total. The van der Waals surface area contributed by atoms with Gasteiger partial charge in [0.1, 0.15) is 5.60 Å². The van der Waals surface area contributed by atoms with E-state index in [9.17, 15) is 4.79 Å². The zero-order valence-corrected chi connectivity index (χ0v) is 14.0. The Morgan fingerprint density at radius 3 is 2.30 bits per heavy atom. The molecule has 0 aliphatic carbocycles. The van der Waals surface area contributed by atoms with Crippen molar-refractivity contribution in [2.24, 2.45) is 0 Å². The van der Waals surface area contributed by atoms with Gasteiger partial charge in [-0.15, -0.1) is 0 Å². The van der Waals surface area contributed by atoms with Crippen LogP contribution in [0.1, 0.15) is 31.9 Å². The molecule has 23 heavy (non-hydrogen) atoms. The van der Waals surface area contributed by atoms with E-state index in [1.165, 1.54) is 4.90 Å². The molecule has 0 aliphatic rings. The molecule has 120 valence electrons. The van der Waals surface area contributed by atoms with Crippen LogP contribution in [0.25, 0.3) is 12.2 Å². The van der Waals surface area contributed by atoms with Gasteiger partial charge < -0.3 is 4.74 Å². The second kappa shape index (κ2) is 7.09. The number of ether oxygens (including phenoxy) is 1. The number of hydrogen-bond donors (Lipinski definition) is 0. The van der Waals surface area contributed by atoms with Crippen molar-refractivity contribution in [1.82, 2.24) is 4.98 Å². The van der Waals surface area contributed by atoms with Crippen LogP contribution in [-0.4, -0.2) is 23.7 Å². The molecule has 4 nitrogen and oxygen atoms in total. The summed E-state index contributed by atoms with van der Waals surface area (Å²) in [6.45, 7) is 5.56. The van der Waals surface area contributed by atoms with Gasteiger partial charge in [-0.1, -0.05) is 30.4 Å². The topological polar surface area (TPSA) is 42.4 Å². The molecule has 0 saturated heterocycles. The Labute approximate surface area is 137 Å². The Bertz CT molecular complexity index is 671. The second-order valence-electron chi connectivity index (χ2n) is 6.25. The molecule has 0 spiro atoms. The first kappa shape index (κ1) is 16.7. The van der Waals surface area contributed by atoms with E-state index in [-0.39, 0.29) is 6.09 Å². The number of carbonyl (C=O) groups is 1. The lowest BCUT2D eigenvalue weighted by Gasteiger charge is -2.24. The molecule has 0 unspecified atom stereocenters. The molecule has 0 fully saturated rings. The zero-order valence-electron chi connectivity index (χ0n) is 14.0. The summed E-state index contributed by atoms with van der Waals surface area (Å²) >= 11 is 0. The van der Waals surface area contributed by atoms with Gasteiger partial charge in [0, 0.05) is 25.1 Å². The van der Waals surface area contributed by atoms with Crippen LogP contribution in [0.2, 0.25) is 0 Å². The molecule has 2 rings (SSSR count). The molecular weight excluding hydrogens is 288 g/mol. The minimum atomic E-state index is -0.502. The molecule has 2 aromatic rings. The summed E-state index contributed by atoms with van der Waals surface area (Å²) in [5.41, 5.74) is 2.38. The first-order chi connectivity index (χ1) is 10.8. The Hall–Kier alpha value is -2.62. The van der Waals surface area contributed by atoms with Gasteiger partial charge in [-0.05, 0) is 50.1 Å². The van der Waals surface area contributed by atoms with Crippen LogP contribution in [-0.2, 0) is 4.74 Å². The third-order valence-corrected chi connectivity index (χ3v) is 3.10. The van der Waals surface area contributed by atoms with Gasteiger partial charge in [-0.3, -0.25) is 9.88 Å². The molecule has 0 bridgehead atoms. The van der Waals surface area contributed by atoms with Crippen molar-refractivity contribution in [3.05, 3.63) is 59.9 Å². The monoisotopic (exact) mass is 310 g/mol. The number of rotatable bonds is 3. The molecule has 0 atom stereocenters. The fourth-order valence-electron chi connectivity index (χ4n) is 1.91. The largest absolute Gasteiger partial charge is 0.443 e. The lowest BCUT2D eigenvalue weighted by molar-refractivity contribution is 0.0589. The predicted molar refractivity (Wildman–Crippen MR) is 94.2 cm³/mol. The Morgan fingerprint density at radius 2 is 1.74 bits per heavy atom. The molecule has 4 heteroatoms. The summed E-state index contributed by atoms with van der Waals surface area (Å²) in [5, 5.41) is 0. The predicted octanol–water partition coefficient (Wildman–Crippen LogP) is 4.62. The van der Waals surface area contributed by atoms with Gasteiger partial charge in [0.2, 0.25) is 0 Å². The standard InChI is InChI=1S/C19H22N2O2/c1-19(2,3)23-18(22)21(4)17-11-9-15(10-12-17)7-8-16-6-5-13-20-14-16/h5-14H,1-4H3/b8-7+. The molecule has 0 radical (unpaired) electrons. The van der Waals surface area contributed by atoms with Gasteiger partial charge in [-0.2, -0.15) is 0 Å². The van der Waals surface area contributed by atoms with Crippen molar-refractivity contribution in [3.63, 3.8) is 0 Å². The highest BCUT2D eigenvalue weighted by atomic mass is 16.6. The zero-order chi connectivity index (χ0) is 16.9. The summed E-state index contributed by atoms with van der Waals surface area (Å²) < 4.78 is 5.36. The average Bonchev–Trinajstić information content (AvgIpc) is 2.52. The van der Waals surface area contributed by atoms with Gasteiger partial charge in [0.05, 0.1) is 0 Å². The van der Waals surface area contributed by atoms with Crippen molar-refractivity contribution in [3.8, 4) is 0 Å². The number of pyridine rings is 1. The van der Waals surface area contributed by atoms with Gasteiger partial charge >= 0.3 is 6.09 Å². The van der Waals surface area contributed by atoms with Gasteiger partial charge in [-0.25, -0.2) is 4.79 Å². The minimum Gasteiger partial charge on any atom is -0.443 e. The third kappa shape index (κ3) is 5.25. The molecule has 1 amide bonds. The van der Waals surface area contributed by atoms with E-state index in [0.717, 1.165) is 16.8 Å². The van der Waals surface area contributed by atoms with Crippen molar-refractivity contribution in [2.45, 2.75) is 26.4 Å². The van der Waals surface area contributed by atoms with Crippen LogP contribution >= 0.6 is 0 Å². The highest BCUT2D eigenvalue weighted by Gasteiger charge is 2.20. The van der Waals surface area contributed by atoms with E-state index in [4.69, 9.17) is 4.74 Å². The number of hydrogen-bond acceptors (Lipinski definition) is 3. The molecule has 1 aromatic carbocycles. The first-order valence-corrected chi connectivity index (χ1v) is 7.50. The molecular formula is C19H22N2O2. The van der Waals surface area contributed by atoms with Crippen LogP contribution < -0.4 is 4.90 Å². The summed E-state index contributed by atoms with van der Waals surface area (Å²) in [6, 6.07) is 11.6. The summed E-state index contributed by atoms with van der Waals surface area (Å²) in [4.78, 5) is 17.6. The number of carbonyl (C=O) groups excluding carboxylic acids is 1. The molecule has 0 saturated carbocycles. The van der Waals surface area contributed by atoms with Crippen molar-refractivity contribution in [1.29, 1.82) is 0 Å². The number of aromatic nitrogens is 1. The van der Waals surface area contributed by atoms with Gasteiger partial charge in [0.25, 0.3) is 0 Å². The minimum absolute atomic E-state index is 0.365. The maximum absolute atomic E-state index is 12.0. The van der Waals surface area contributed by atoms with E-state index in [2.05, 4.69) is 4.98 Å². The molecule has 1 aromatic heterocycles. The Kier molecular flexibility index (Phi) is 5.16. The second-order valence-corrected chi connectivity index (χ2v) is 6.25. The quantitative estimate of drug-likeness (QED) is 0.830. The van der Waals surface area contributed by atoms with E-state index in [1.54, 1.807) is 19.4 Å². The fourth-order valence-corrected chi connectivity index (χ4v) is 1.91. The average molecular weight is 310 g/mol. The highest BCUT2D eigenvalue weighted by Crippen LogP contribution is 2.18. The van der Waals surface area contributed by atoms with Crippen molar-refractivity contribution in [2.75, 3.05) is 11.9 Å². The Balaban J connectivity index is 2.04. The molecule has 0 aliphatic heterocycles. The third-order valence-electron chi connectivity index (χ3n) is 3.10. The SMILES string of the molecule is CN(C(=O)OC(C)(C)C)c1ccc(/C=C/c2cccnc2)cc1. The number of nitrogens with zero attached hydrogens (tertiary/aromatic N) is 2. The lowest BCUT2D eigenvalue weighted by Crippen LogP contribution is -2.34. The number of amides is 1. The normalized spacial score (nSPS) is 11.5. The maximum Gasteiger partial charge on any atom is 0.414 e. The first-order valence-electron chi connectivity index (χ1n) is 7.50. The summed E-state index contributed by atoms with van der Waals surface area (Å²) in [6.07, 6.45) is 7.20. The van der Waals surface area contributed by atoms with Crippen molar-refractivity contribution >= 4 is 23.9 Å². The van der Waals surface area contributed by atoms with Crippen LogP contribution in [0.4, 0.5) is 10.5 Å². The lowest BCUT2D eigenvalue weighted by atomic mass is 10.1. The van der Waals surface area contributed by atoms with E-state index >= 15 is 0 Å². The van der Waals surface area contributed by atoms with E-state index < -0.39 is 5.60 Å². The highest BCUT2D eigenvalue weighted by molar-refractivity contribution is 5.87. The maximum atomic E-state index is 12.0. The smallest absolute Gasteiger partial charge is 0.414 e. The number of benzene rings is 1. The fraction of sp³-hybridized carbons (Fsp3) is 0.263. The van der Waals surface area contributed by atoms with Crippen molar-refractivity contribution < 1.29 is 9.53 Å².